The zero-order valence-corrected chi connectivity index (χ0v) is 8.46. The van der Waals surface area contributed by atoms with E-state index in [1.165, 1.54) is 0 Å². The first-order chi connectivity index (χ1) is 7.41. The maximum atomic E-state index is 13.0. The first-order valence-corrected chi connectivity index (χ1v) is 4.88. The highest BCUT2D eigenvalue weighted by molar-refractivity contribution is 8.00. The van der Waals surface area contributed by atoms with Gasteiger partial charge in [-0.1, -0.05) is 0 Å². The molecule has 0 saturated carbocycles. The summed E-state index contributed by atoms with van der Waals surface area (Å²) in [5, 5.41) is 18.8. The third-order valence-electron chi connectivity index (χ3n) is 1.53. The van der Waals surface area contributed by atoms with Gasteiger partial charge in [-0.2, -0.15) is 4.39 Å². The van der Waals surface area contributed by atoms with E-state index in [0.29, 0.717) is 17.8 Å². The second kappa shape index (κ2) is 4.88. The Hall–Kier alpha value is -1.70. The van der Waals surface area contributed by atoms with Crippen LogP contribution in [-0.4, -0.2) is 21.8 Å². The second-order valence-electron chi connectivity index (χ2n) is 2.67. The maximum Gasteiger partial charge on any atom is 0.318 e. The van der Waals surface area contributed by atoms with Gasteiger partial charge in [-0.15, -0.1) is 11.8 Å². The van der Waals surface area contributed by atoms with Gasteiger partial charge in [0.2, 0.25) is 5.82 Å². The number of carbonyl (C=O) groups is 1. The highest BCUT2D eigenvalue weighted by atomic mass is 32.2. The van der Waals surface area contributed by atoms with E-state index in [9.17, 15) is 23.7 Å². The highest BCUT2D eigenvalue weighted by Crippen LogP contribution is 2.32. The Labute approximate surface area is 92.2 Å². The zero-order valence-electron chi connectivity index (χ0n) is 7.65. The van der Waals surface area contributed by atoms with Crippen LogP contribution in [-0.2, 0) is 4.79 Å². The molecule has 0 aliphatic rings. The Balaban J connectivity index is 3.13. The standard InChI is InChI=1S/C8H5F2NO4S/c9-4-1-5(10)8(11(14)15)6(2-4)16-3-7(12)13/h1-2H,3H2,(H,12,13). The Kier molecular flexibility index (Phi) is 3.78. The van der Waals surface area contributed by atoms with Crippen molar-refractivity contribution in [2.45, 2.75) is 4.90 Å². The summed E-state index contributed by atoms with van der Waals surface area (Å²) >= 11 is 0.491. The van der Waals surface area contributed by atoms with Crippen LogP contribution in [0.5, 0.6) is 0 Å². The maximum absolute atomic E-state index is 13.0. The van der Waals surface area contributed by atoms with Gasteiger partial charge in [-0.05, 0) is 6.07 Å². The fraction of sp³-hybridized carbons (Fsp3) is 0.125. The van der Waals surface area contributed by atoms with Crippen molar-refractivity contribution in [1.29, 1.82) is 0 Å². The molecule has 16 heavy (non-hydrogen) atoms. The Morgan fingerprint density at radius 2 is 2.12 bits per heavy atom. The van der Waals surface area contributed by atoms with E-state index >= 15 is 0 Å². The fourth-order valence-corrected chi connectivity index (χ4v) is 1.75. The van der Waals surface area contributed by atoms with Crippen molar-refractivity contribution in [3.63, 3.8) is 0 Å². The molecule has 8 heteroatoms. The van der Waals surface area contributed by atoms with Gasteiger partial charge in [0.05, 0.1) is 15.6 Å². The molecule has 0 bridgehead atoms. The third kappa shape index (κ3) is 2.89. The molecule has 1 N–H and O–H groups in total. The average molecular weight is 249 g/mol. The van der Waals surface area contributed by atoms with Crippen LogP contribution in [0.3, 0.4) is 0 Å². The lowest BCUT2D eigenvalue weighted by Crippen LogP contribution is -2.01. The molecular formula is C8H5F2NO4S. The third-order valence-corrected chi connectivity index (χ3v) is 2.54. The smallest absolute Gasteiger partial charge is 0.318 e. The molecule has 1 aromatic carbocycles. The lowest BCUT2D eigenvalue weighted by Gasteiger charge is -2.02. The van der Waals surface area contributed by atoms with Gasteiger partial charge in [-0.25, -0.2) is 4.39 Å². The van der Waals surface area contributed by atoms with Gasteiger partial charge in [0.1, 0.15) is 5.82 Å². The van der Waals surface area contributed by atoms with Crippen molar-refractivity contribution in [2.75, 3.05) is 5.75 Å². The van der Waals surface area contributed by atoms with E-state index in [1.54, 1.807) is 0 Å². The van der Waals surface area contributed by atoms with Crippen molar-refractivity contribution in [2.24, 2.45) is 0 Å². The summed E-state index contributed by atoms with van der Waals surface area (Å²) in [4.78, 5) is 19.4. The average Bonchev–Trinajstić information content (AvgIpc) is 2.12. The van der Waals surface area contributed by atoms with E-state index in [4.69, 9.17) is 5.11 Å². The minimum atomic E-state index is -1.32. The largest absolute Gasteiger partial charge is 0.481 e. The minimum absolute atomic E-state index is 0.343. The highest BCUT2D eigenvalue weighted by Gasteiger charge is 2.22. The van der Waals surface area contributed by atoms with Crippen molar-refractivity contribution in [1.82, 2.24) is 0 Å². The van der Waals surface area contributed by atoms with E-state index in [1.807, 2.05) is 0 Å². The molecule has 1 aromatic rings. The van der Waals surface area contributed by atoms with E-state index in [-0.39, 0.29) is 4.90 Å². The Bertz CT molecular complexity index is 452. The molecule has 0 spiro atoms. The molecule has 5 nitrogen and oxygen atoms in total. The predicted molar refractivity (Wildman–Crippen MR) is 51.4 cm³/mol. The van der Waals surface area contributed by atoms with Crippen LogP contribution < -0.4 is 0 Å². The SMILES string of the molecule is O=C(O)CSc1cc(F)cc(F)c1[N+](=O)[O-]. The summed E-state index contributed by atoms with van der Waals surface area (Å²) < 4.78 is 25.8. The van der Waals surface area contributed by atoms with Crippen LogP contribution in [0, 0.1) is 21.7 Å². The van der Waals surface area contributed by atoms with Gasteiger partial charge in [0.25, 0.3) is 0 Å². The summed E-state index contributed by atoms with van der Waals surface area (Å²) in [6.07, 6.45) is 0. The number of carboxylic acid groups (broad SMARTS) is 1. The number of thioether (sulfide) groups is 1. The summed E-state index contributed by atoms with van der Waals surface area (Å²) in [6, 6.07) is 1.11. The molecule has 0 heterocycles. The molecule has 0 radical (unpaired) electrons. The number of rotatable bonds is 4. The monoisotopic (exact) mass is 249 g/mol. The number of carboxylic acids is 1. The molecule has 0 atom stereocenters. The van der Waals surface area contributed by atoms with Crippen LogP contribution in [0.2, 0.25) is 0 Å². The number of hydrogen-bond acceptors (Lipinski definition) is 4. The van der Waals surface area contributed by atoms with Crippen LogP contribution in [0.15, 0.2) is 17.0 Å². The van der Waals surface area contributed by atoms with Crippen molar-refractivity contribution in [3.8, 4) is 0 Å². The van der Waals surface area contributed by atoms with Crippen LogP contribution in [0.4, 0.5) is 14.5 Å². The predicted octanol–water partition coefficient (Wildman–Crippen LogP) is 2.05. The lowest BCUT2D eigenvalue weighted by molar-refractivity contribution is -0.390. The van der Waals surface area contributed by atoms with E-state index in [2.05, 4.69) is 0 Å². The number of nitro benzene ring substituents is 1. The summed E-state index contributed by atoms with van der Waals surface area (Å²) in [7, 11) is 0. The molecule has 1 rings (SSSR count). The van der Waals surface area contributed by atoms with Gasteiger partial charge in [0, 0.05) is 6.07 Å². The number of halogens is 2. The first-order valence-electron chi connectivity index (χ1n) is 3.90. The van der Waals surface area contributed by atoms with Gasteiger partial charge in [-0.3, -0.25) is 14.9 Å². The van der Waals surface area contributed by atoms with Crippen molar-refractivity contribution >= 4 is 23.4 Å². The Morgan fingerprint density at radius 3 is 2.62 bits per heavy atom. The molecule has 0 unspecified atom stereocenters. The van der Waals surface area contributed by atoms with Crippen molar-refractivity contribution in [3.05, 3.63) is 33.9 Å². The first kappa shape index (κ1) is 12.4. The molecule has 86 valence electrons. The molecular weight excluding hydrogens is 244 g/mol. The topological polar surface area (TPSA) is 80.4 Å². The zero-order chi connectivity index (χ0) is 12.3. The van der Waals surface area contributed by atoms with E-state index < -0.39 is 34.0 Å². The number of benzene rings is 1. The summed E-state index contributed by atoms with van der Waals surface area (Å²) in [5.74, 6) is -4.05. The van der Waals surface area contributed by atoms with Crippen LogP contribution >= 0.6 is 11.8 Å². The molecule has 0 aliphatic heterocycles. The summed E-state index contributed by atoms with van der Waals surface area (Å²) in [6.45, 7) is 0. The second-order valence-corrected chi connectivity index (χ2v) is 3.69. The number of nitrogens with zero attached hydrogens (tertiary/aromatic N) is 1. The van der Waals surface area contributed by atoms with Gasteiger partial charge < -0.3 is 5.11 Å². The van der Waals surface area contributed by atoms with E-state index in [0.717, 1.165) is 6.07 Å². The molecule has 0 fully saturated rings. The Morgan fingerprint density at radius 1 is 1.50 bits per heavy atom. The minimum Gasteiger partial charge on any atom is -0.481 e. The number of nitro groups is 1. The van der Waals surface area contributed by atoms with Crippen molar-refractivity contribution < 1.29 is 23.6 Å². The number of aliphatic carboxylic acids is 1. The normalized spacial score (nSPS) is 10.1. The van der Waals surface area contributed by atoms with Crippen LogP contribution in [0.25, 0.3) is 0 Å². The quantitative estimate of drug-likeness (QED) is 0.501. The number of hydrogen-bond donors (Lipinski definition) is 1. The van der Waals surface area contributed by atoms with Gasteiger partial charge >= 0.3 is 11.7 Å². The molecule has 0 aromatic heterocycles. The molecule has 0 aliphatic carbocycles. The van der Waals surface area contributed by atoms with Crippen LogP contribution in [0.1, 0.15) is 0 Å². The summed E-state index contributed by atoms with van der Waals surface area (Å²) in [5.41, 5.74) is -0.910. The molecule has 0 saturated heterocycles. The van der Waals surface area contributed by atoms with Gasteiger partial charge in [0.15, 0.2) is 0 Å². The fourth-order valence-electron chi connectivity index (χ4n) is 0.969. The lowest BCUT2D eigenvalue weighted by atomic mass is 10.3. The molecule has 0 amide bonds.